The molecule has 0 aliphatic carbocycles. The van der Waals surface area contributed by atoms with Crippen molar-refractivity contribution in [3.05, 3.63) is 56.8 Å². The van der Waals surface area contributed by atoms with Crippen molar-refractivity contribution < 1.29 is 18.1 Å². The number of hydrogen-bond donors (Lipinski definition) is 1. The second kappa shape index (κ2) is 8.15. The number of carbonyl (C=O) groups is 1. The van der Waals surface area contributed by atoms with Crippen LogP contribution in [0.1, 0.15) is 24.1 Å². The van der Waals surface area contributed by atoms with Crippen molar-refractivity contribution in [1.82, 2.24) is 9.62 Å². The number of nitro groups is 1. The molecule has 1 amide bonds. The lowest BCUT2D eigenvalue weighted by molar-refractivity contribution is -0.384. The second-order valence-corrected chi connectivity index (χ2v) is 9.10. The van der Waals surface area contributed by atoms with Crippen molar-refractivity contribution in [3.63, 3.8) is 0 Å². The van der Waals surface area contributed by atoms with E-state index in [0.29, 0.717) is 19.4 Å². The summed E-state index contributed by atoms with van der Waals surface area (Å²) in [6, 6.07) is 7.74. The number of carbonyl (C=O) groups excluding carboxylic acids is 1. The topological polar surface area (TPSA) is 110 Å². The van der Waals surface area contributed by atoms with Gasteiger partial charge in [0.15, 0.2) is 0 Å². The number of hydrogen-bond acceptors (Lipinski definition) is 6. The predicted octanol–water partition coefficient (Wildman–Crippen LogP) is 2.52. The zero-order valence-electron chi connectivity index (χ0n) is 14.4. The van der Waals surface area contributed by atoms with Crippen LogP contribution in [-0.4, -0.2) is 36.1 Å². The van der Waals surface area contributed by atoms with Crippen LogP contribution in [0.2, 0.25) is 0 Å². The molecular formula is C17H19N3O5S2. The number of nitro benzene ring substituents is 1. The van der Waals surface area contributed by atoms with E-state index >= 15 is 0 Å². The number of non-ortho nitro benzene ring substituents is 1. The molecule has 1 aromatic carbocycles. The van der Waals surface area contributed by atoms with Gasteiger partial charge in [0.25, 0.3) is 5.69 Å². The lowest BCUT2D eigenvalue weighted by atomic mass is 10.0. The standard InChI is InChI=1S/C17H19N3O5S2/c21-17(18-12-14-4-3-11-26-14)16-5-1-2-10-19(16)27(24,25)15-8-6-13(7-9-15)20(22)23/h3-4,6-9,11,16H,1-2,5,10,12H2,(H,18,21)/t16-/m0/s1. The van der Waals surface area contributed by atoms with Crippen LogP contribution < -0.4 is 5.32 Å². The minimum Gasteiger partial charge on any atom is -0.350 e. The lowest BCUT2D eigenvalue weighted by Crippen LogP contribution is -2.51. The van der Waals surface area contributed by atoms with Gasteiger partial charge in [-0.25, -0.2) is 8.42 Å². The molecule has 10 heteroatoms. The van der Waals surface area contributed by atoms with E-state index in [1.165, 1.54) is 27.8 Å². The number of thiophene rings is 1. The van der Waals surface area contributed by atoms with E-state index in [1.54, 1.807) is 0 Å². The Balaban J connectivity index is 1.78. The highest BCUT2D eigenvalue weighted by Gasteiger charge is 2.37. The van der Waals surface area contributed by atoms with Crippen molar-refractivity contribution in [2.75, 3.05) is 6.54 Å². The molecule has 0 bridgehead atoms. The van der Waals surface area contributed by atoms with E-state index in [0.717, 1.165) is 23.4 Å². The third-order valence-corrected chi connectivity index (χ3v) is 7.23. The first-order chi connectivity index (χ1) is 12.9. The van der Waals surface area contributed by atoms with Gasteiger partial charge in [0.05, 0.1) is 16.4 Å². The van der Waals surface area contributed by atoms with E-state index in [1.807, 2.05) is 17.5 Å². The van der Waals surface area contributed by atoms with Gasteiger partial charge < -0.3 is 5.32 Å². The third kappa shape index (κ3) is 4.34. The first-order valence-electron chi connectivity index (χ1n) is 8.46. The van der Waals surface area contributed by atoms with Crippen molar-refractivity contribution in [2.45, 2.75) is 36.7 Å². The Morgan fingerprint density at radius 3 is 2.63 bits per heavy atom. The fourth-order valence-corrected chi connectivity index (χ4v) is 5.34. The molecule has 3 rings (SSSR count). The summed E-state index contributed by atoms with van der Waals surface area (Å²) in [5.74, 6) is -0.325. The Morgan fingerprint density at radius 1 is 1.26 bits per heavy atom. The van der Waals surface area contributed by atoms with E-state index < -0.39 is 21.0 Å². The van der Waals surface area contributed by atoms with Gasteiger partial charge in [0.1, 0.15) is 6.04 Å². The van der Waals surface area contributed by atoms with Gasteiger partial charge in [-0.3, -0.25) is 14.9 Å². The Bertz CT molecular complexity index is 911. The normalized spacial score (nSPS) is 18.1. The minimum atomic E-state index is -3.92. The van der Waals surface area contributed by atoms with Gasteiger partial charge in [0, 0.05) is 23.6 Å². The fraction of sp³-hybridized carbons (Fsp3) is 0.353. The third-order valence-electron chi connectivity index (χ3n) is 4.43. The van der Waals surface area contributed by atoms with Crippen LogP contribution in [0.4, 0.5) is 5.69 Å². The molecule has 0 radical (unpaired) electrons. The average Bonchev–Trinajstić information content (AvgIpc) is 3.20. The van der Waals surface area contributed by atoms with Crippen LogP contribution in [0.25, 0.3) is 0 Å². The van der Waals surface area contributed by atoms with Crippen molar-refractivity contribution in [1.29, 1.82) is 0 Å². The predicted molar refractivity (Wildman–Crippen MR) is 101 cm³/mol. The van der Waals surface area contributed by atoms with Gasteiger partial charge in [0.2, 0.25) is 15.9 Å². The molecule has 1 atom stereocenters. The molecule has 0 spiro atoms. The van der Waals surface area contributed by atoms with E-state index in [4.69, 9.17) is 0 Å². The average molecular weight is 409 g/mol. The molecule has 144 valence electrons. The summed E-state index contributed by atoms with van der Waals surface area (Å²) >= 11 is 1.52. The molecular weight excluding hydrogens is 390 g/mol. The van der Waals surface area contributed by atoms with Crippen LogP contribution in [0.15, 0.2) is 46.7 Å². The molecule has 1 fully saturated rings. The molecule has 8 nitrogen and oxygen atoms in total. The van der Waals surface area contributed by atoms with Crippen molar-refractivity contribution in [3.8, 4) is 0 Å². The summed E-state index contributed by atoms with van der Waals surface area (Å²) in [6.45, 7) is 0.606. The maximum Gasteiger partial charge on any atom is 0.269 e. The fourth-order valence-electron chi connectivity index (χ4n) is 3.04. The maximum absolute atomic E-state index is 13.0. The zero-order chi connectivity index (χ0) is 19.4. The first kappa shape index (κ1) is 19.5. The van der Waals surface area contributed by atoms with Crippen LogP contribution in [-0.2, 0) is 21.4 Å². The highest BCUT2D eigenvalue weighted by atomic mass is 32.2. The molecule has 1 aromatic heterocycles. The lowest BCUT2D eigenvalue weighted by Gasteiger charge is -2.33. The largest absolute Gasteiger partial charge is 0.350 e. The van der Waals surface area contributed by atoms with Gasteiger partial charge in [-0.15, -0.1) is 11.3 Å². The van der Waals surface area contributed by atoms with Crippen LogP contribution >= 0.6 is 11.3 Å². The molecule has 0 unspecified atom stereocenters. The Labute approximate surface area is 161 Å². The molecule has 2 aromatic rings. The summed E-state index contributed by atoms with van der Waals surface area (Å²) in [5, 5.41) is 15.5. The van der Waals surface area contributed by atoms with Gasteiger partial charge in [-0.1, -0.05) is 12.5 Å². The molecule has 0 saturated carbocycles. The number of nitrogens with one attached hydrogen (secondary N) is 1. The SMILES string of the molecule is O=C(NCc1cccs1)[C@@H]1CCCCN1S(=O)(=O)c1ccc([N+](=O)[O-])cc1. The molecule has 2 heterocycles. The quantitative estimate of drug-likeness (QED) is 0.582. The van der Waals surface area contributed by atoms with Crippen LogP contribution in [0.5, 0.6) is 0 Å². The number of sulfonamides is 1. The van der Waals surface area contributed by atoms with Crippen molar-refractivity contribution in [2.24, 2.45) is 0 Å². The van der Waals surface area contributed by atoms with Crippen LogP contribution in [0.3, 0.4) is 0 Å². The number of nitrogens with zero attached hydrogens (tertiary/aromatic N) is 2. The summed E-state index contributed by atoms with van der Waals surface area (Å²) in [6.07, 6.45) is 1.88. The van der Waals surface area contributed by atoms with Gasteiger partial charge >= 0.3 is 0 Å². The molecule has 1 aliphatic heterocycles. The van der Waals surface area contributed by atoms with Gasteiger partial charge in [-0.05, 0) is 36.4 Å². The Morgan fingerprint density at radius 2 is 2.00 bits per heavy atom. The number of piperidine rings is 1. The zero-order valence-corrected chi connectivity index (χ0v) is 16.0. The molecule has 27 heavy (non-hydrogen) atoms. The van der Waals surface area contributed by atoms with E-state index in [9.17, 15) is 23.3 Å². The summed E-state index contributed by atoms with van der Waals surface area (Å²) < 4.78 is 27.2. The molecule has 1 saturated heterocycles. The van der Waals surface area contributed by atoms with E-state index in [-0.39, 0.29) is 23.0 Å². The second-order valence-electron chi connectivity index (χ2n) is 6.18. The Kier molecular flexibility index (Phi) is 5.88. The monoisotopic (exact) mass is 409 g/mol. The maximum atomic E-state index is 13.0. The molecule has 1 N–H and O–H groups in total. The highest BCUT2D eigenvalue weighted by Crippen LogP contribution is 2.27. The molecule has 1 aliphatic rings. The van der Waals surface area contributed by atoms with E-state index in [2.05, 4.69) is 5.32 Å². The van der Waals surface area contributed by atoms with Crippen molar-refractivity contribution >= 4 is 33.0 Å². The Hall–Kier alpha value is -2.30. The number of benzene rings is 1. The summed E-state index contributed by atoms with van der Waals surface area (Å²) in [7, 11) is -3.92. The number of amides is 1. The van der Waals surface area contributed by atoms with Gasteiger partial charge in [-0.2, -0.15) is 4.31 Å². The first-order valence-corrected chi connectivity index (χ1v) is 10.8. The summed E-state index contributed by atoms with van der Waals surface area (Å²) in [4.78, 5) is 23.7. The summed E-state index contributed by atoms with van der Waals surface area (Å²) in [5.41, 5.74) is -0.183. The highest BCUT2D eigenvalue weighted by molar-refractivity contribution is 7.89. The van der Waals surface area contributed by atoms with Crippen LogP contribution in [0, 0.1) is 10.1 Å². The smallest absolute Gasteiger partial charge is 0.269 e. The minimum absolute atomic E-state index is 0.0499. The number of rotatable bonds is 6.